The lowest BCUT2D eigenvalue weighted by molar-refractivity contribution is -0.0561. The third-order valence-electron chi connectivity index (χ3n) is 3.98. The lowest BCUT2D eigenvalue weighted by Gasteiger charge is -2.51. The predicted octanol–water partition coefficient (Wildman–Crippen LogP) is 3.37. The van der Waals surface area contributed by atoms with Gasteiger partial charge in [-0.1, -0.05) is 25.4 Å². The van der Waals surface area contributed by atoms with Crippen molar-refractivity contribution in [3.63, 3.8) is 0 Å². The third-order valence-corrected chi connectivity index (χ3v) is 4.29. The maximum absolute atomic E-state index is 13.3. The topological polar surface area (TPSA) is 35.2 Å². The zero-order valence-corrected chi connectivity index (χ0v) is 10.8. The summed E-state index contributed by atoms with van der Waals surface area (Å²) in [6, 6.07) is 4.68. The van der Waals surface area contributed by atoms with E-state index in [0.717, 1.165) is 12.8 Å². The Bertz CT molecular complexity index is 426. The number of hydrogen-bond acceptors (Lipinski definition) is 2. The van der Waals surface area contributed by atoms with Gasteiger partial charge in [0, 0.05) is 23.9 Å². The summed E-state index contributed by atoms with van der Waals surface area (Å²) in [6.07, 6.45) is 1.83. The maximum Gasteiger partial charge on any atom is 0.145 e. The molecule has 2 N–H and O–H groups in total. The molecule has 1 saturated carbocycles. The summed E-state index contributed by atoms with van der Waals surface area (Å²) in [4.78, 5) is 0. The molecule has 0 heterocycles. The fraction of sp³-hybridized carbons (Fsp3) is 0.538. The molecule has 4 heteroatoms. The third kappa shape index (κ3) is 2.14. The minimum absolute atomic E-state index is 0.0177. The van der Waals surface area contributed by atoms with E-state index in [1.807, 2.05) is 0 Å². The first kappa shape index (κ1) is 12.7. The molecule has 1 aliphatic carbocycles. The van der Waals surface area contributed by atoms with Crippen LogP contribution in [-0.2, 0) is 0 Å². The van der Waals surface area contributed by atoms with Crippen molar-refractivity contribution in [2.24, 2.45) is 11.1 Å². The first-order valence-electron chi connectivity index (χ1n) is 5.84. The van der Waals surface area contributed by atoms with Gasteiger partial charge in [0.15, 0.2) is 0 Å². The van der Waals surface area contributed by atoms with Crippen LogP contribution in [0.4, 0.5) is 4.39 Å². The van der Waals surface area contributed by atoms with Crippen LogP contribution in [-0.4, -0.2) is 12.1 Å². The van der Waals surface area contributed by atoms with E-state index in [9.17, 15) is 4.39 Å². The van der Waals surface area contributed by atoms with E-state index in [4.69, 9.17) is 22.1 Å². The van der Waals surface area contributed by atoms with Crippen LogP contribution in [0.1, 0.15) is 26.7 Å². The fourth-order valence-corrected chi connectivity index (χ4v) is 2.35. The molecular formula is C13H17ClFNO. The van der Waals surface area contributed by atoms with Crippen molar-refractivity contribution in [3.05, 3.63) is 29.0 Å². The Labute approximate surface area is 106 Å². The van der Waals surface area contributed by atoms with E-state index >= 15 is 0 Å². The number of benzene rings is 1. The van der Waals surface area contributed by atoms with E-state index in [2.05, 4.69) is 13.8 Å². The molecule has 1 aromatic carbocycles. The Morgan fingerprint density at radius 2 is 2.29 bits per heavy atom. The molecule has 0 spiro atoms. The van der Waals surface area contributed by atoms with Gasteiger partial charge in [0.1, 0.15) is 17.7 Å². The van der Waals surface area contributed by atoms with Crippen LogP contribution < -0.4 is 10.5 Å². The molecule has 1 fully saturated rings. The van der Waals surface area contributed by atoms with Crippen molar-refractivity contribution in [2.75, 3.05) is 0 Å². The van der Waals surface area contributed by atoms with E-state index in [-0.39, 0.29) is 22.6 Å². The SMILES string of the molecule is CCC1(C)C(N)CC1Oc1ccc(Cl)c(F)c1. The van der Waals surface area contributed by atoms with Gasteiger partial charge in [-0.3, -0.25) is 0 Å². The van der Waals surface area contributed by atoms with Crippen LogP contribution in [0.2, 0.25) is 5.02 Å². The number of halogens is 2. The summed E-state index contributed by atoms with van der Waals surface area (Å²) in [6.45, 7) is 4.20. The van der Waals surface area contributed by atoms with Crippen molar-refractivity contribution in [3.8, 4) is 5.75 Å². The molecule has 0 amide bonds. The van der Waals surface area contributed by atoms with Gasteiger partial charge in [0.05, 0.1) is 5.02 Å². The van der Waals surface area contributed by atoms with Crippen molar-refractivity contribution in [1.82, 2.24) is 0 Å². The average molecular weight is 258 g/mol. The number of ether oxygens (including phenoxy) is 1. The Morgan fingerprint density at radius 3 is 2.82 bits per heavy atom. The Balaban J connectivity index is 2.09. The van der Waals surface area contributed by atoms with Crippen LogP contribution in [0.15, 0.2) is 18.2 Å². The maximum atomic E-state index is 13.3. The Hall–Kier alpha value is -0.800. The second-order valence-electron chi connectivity index (χ2n) is 4.88. The molecule has 0 radical (unpaired) electrons. The molecule has 1 aromatic rings. The van der Waals surface area contributed by atoms with Crippen LogP contribution >= 0.6 is 11.6 Å². The summed E-state index contributed by atoms with van der Waals surface area (Å²) in [5.41, 5.74) is 5.97. The number of hydrogen-bond donors (Lipinski definition) is 1. The first-order valence-corrected chi connectivity index (χ1v) is 6.22. The molecule has 94 valence electrons. The highest BCUT2D eigenvalue weighted by molar-refractivity contribution is 6.30. The molecule has 0 aromatic heterocycles. The van der Waals surface area contributed by atoms with Gasteiger partial charge in [-0.15, -0.1) is 0 Å². The summed E-state index contributed by atoms with van der Waals surface area (Å²) in [7, 11) is 0. The zero-order chi connectivity index (χ0) is 12.6. The molecule has 2 nitrogen and oxygen atoms in total. The normalized spacial score (nSPS) is 32.1. The molecule has 2 rings (SSSR count). The lowest BCUT2D eigenvalue weighted by atomic mass is 9.62. The Morgan fingerprint density at radius 1 is 1.59 bits per heavy atom. The standard InChI is InChI=1S/C13H17ClFNO/c1-3-13(2)11(16)7-12(13)17-8-4-5-9(14)10(15)6-8/h4-6,11-12H,3,7,16H2,1-2H3. The fourth-order valence-electron chi connectivity index (χ4n) is 2.23. The van der Waals surface area contributed by atoms with Gasteiger partial charge in [-0.2, -0.15) is 0 Å². The van der Waals surface area contributed by atoms with Gasteiger partial charge in [0.25, 0.3) is 0 Å². The van der Waals surface area contributed by atoms with Crippen molar-refractivity contribution < 1.29 is 9.13 Å². The smallest absolute Gasteiger partial charge is 0.145 e. The molecule has 1 aliphatic rings. The van der Waals surface area contributed by atoms with Crippen LogP contribution in [0.25, 0.3) is 0 Å². The molecule has 0 bridgehead atoms. The minimum Gasteiger partial charge on any atom is -0.490 e. The molecule has 3 atom stereocenters. The molecule has 0 saturated heterocycles. The summed E-state index contributed by atoms with van der Waals surface area (Å²) >= 11 is 5.62. The Kier molecular flexibility index (Phi) is 3.32. The summed E-state index contributed by atoms with van der Waals surface area (Å²) < 4.78 is 19.1. The highest BCUT2D eigenvalue weighted by Crippen LogP contribution is 2.44. The quantitative estimate of drug-likeness (QED) is 0.901. The van der Waals surface area contributed by atoms with E-state index < -0.39 is 5.82 Å². The van der Waals surface area contributed by atoms with Gasteiger partial charge in [0.2, 0.25) is 0 Å². The highest BCUT2D eigenvalue weighted by Gasteiger charge is 2.50. The van der Waals surface area contributed by atoms with Crippen LogP contribution in [0, 0.1) is 11.2 Å². The summed E-state index contributed by atoms with van der Waals surface area (Å²) in [5.74, 6) is 0.0643. The summed E-state index contributed by atoms with van der Waals surface area (Å²) in [5, 5.41) is 0.112. The largest absolute Gasteiger partial charge is 0.490 e. The van der Waals surface area contributed by atoms with Crippen LogP contribution in [0.5, 0.6) is 5.75 Å². The van der Waals surface area contributed by atoms with Crippen LogP contribution in [0.3, 0.4) is 0 Å². The molecule has 17 heavy (non-hydrogen) atoms. The number of nitrogens with two attached hydrogens (primary N) is 1. The second-order valence-corrected chi connectivity index (χ2v) is 5.29. The first-order chi connectivity index (χ1) is 7.97. The highest BCUT2D eigenvalue weighted by atomic mass is 35.5. The van der Waals surface area contributed by atoms with Gasteiger partial charge < -0.3 is 10.5 Å². The zero-order valence-electron chi connectivity index (χ0n) is 10.0. The van der Waals surface area contributed by atoms with Crippen molar-refractivity contribution in [1.29, 1.82) is 0 Å². The van der Waals surface area contributed by atoms with Gasteiger partial charge in [-0.05, 0) is 18.6 Å². The van der Waals surface area contributed by atoms with E-state index in [1.165, 1.54) is 12.1 Å². The second kappa shape index (κ2) is 4.46. The van der Waals surface area contributed by atoms with Gasteiger partial charge >= 0.3 is 0 Å². The van der Waals surface area contributed by atoms with Crippen molar-refractivity contribution in [2.45, 2.75) is 38.8 Å². The minimum atomic E-state index is -0.453. The molecule has 3 unspecified atom stereocenters. The molecule has 0 aliphatic heterocycles. The predicted molar refractivity (Wildman–Crippen MR) is 66.8 cm³/mol. The number of rotatable bonds is 3. The van der Waals surface area contributed by atoms with E-state index in [1.54, 1.807) is 6.07 Å². The monoisotopic (exact) mass is 257 g/mol. The molecular weight excluding hydrogens is 241 g/mol. The average Bonchev–Trinajstić information content (AvgIpc) is 2.32. The van der Waals surface area contributed by atoms with E-state index in [0.29, 0.717) is 5.75 Å². The van der Waals surface area contributed by atoms with Crippen molar-refractivity contribution >= 4 is 11.6 Å². The van der Waals surface area contributed by atoms with Gasteiger partial charge in [-0.25, -0.2) is 4.39 Å². The lowest BCUT2D eigenvalue weighted by Crippen LogP contribution is -2.61.